The molecule has 1 aromatic heterocycles. The van der Waals surface area contributed by atoms with Gasteiger partial charge in [-0.15, -0.1) is 5.10 Å². The first-order valence-electron chi connectivity index (χ1n) is 7.40. The van der Waals surface area contributed by atoms with E-state index in [0.717, 1.165) is 16.7 Å². The van der Waals surface area contributed by atoms with Crippen LogP contribution in [0, 0.1) is 0 Å². The summed E-state index contributed by atoms with van der Waals surface area (Å²) in [7, 11) is 1.69. The summed E-state index contributed by atoms with van der Waals surface area (Å²) in [5.74, 6) is 1.74. The molecule has 0 radical (unpaired) electrons. The highest BCUT2D eigenvalue weighted by molar-refractivity contribution is 7.98. The van der Waals surface area contributed by atoms with Crippen molar-refractivity contribution < 1.29 is 4.74 Å². The van der Waals surface area contributed by atoms with Gasteiger partial charge in [-0.25, -0.2) is 4.68 Å². The number of tetrazole rings is 1. The Bertz CT molecular complexity index is 581. The molecule has 1 fully saturated rings. The lowest BCUT2D eigenvalue weighted by atomic mass is 9.96. The minimum Gasteiger partial charge on any atom is -0.497 e. The molecule has 3 rings (SSSR count). The molecule has 0 spiro atoms. The molecule has 0 atom stereocenters. The van der Waals surface area contributed by atoms with Crippen LogP contribution >= 0.6 is 11.8 Å². The first-order chi connectivity index (χ1) is 10.4. The van der Waals surface area contributed by atoms with Crippen molar-refractivity contribution in [2.45, 2.75) is 49.1 Å². The normalized spacial score (nSPS) is 16.0. The van der Waals surface area contributed by atoms with Crippen LogP contribution in [0.3, 0.4) is 0 Å². The van der Waals surface area contributed by atoms with Gasteiger partial charge in [0.2, 0.25) is 5.16 Å². The number of hydrogen-bond donors (Lipinski definition) is 0. The van der Waals surface area contributed by atoms with Crippen LogP contribution in [0.15, 0.2) is 29.4 Å². The Morgan fingerprint density at radius 1 is 1.29 bits per heavy atom. The zero-order chi connectivity index (χ0) is 14.5. The maximum absolute atomic E-state index is 5.26. The number of ether oxygens (including phenoxy) is 1. The molecule has 1 aliphatic rings. The Labute approximate surface area is 129 Å². The van der Waals surface area contributed by atoms with Gasteiger partial charge in [0.05, 0.1) is 13.2 Å². The van der Waals surface area contributed by atoms with Crippen molar-refractivity contribution in [2.75, 3.05) is 7.11 Å². The number of methoxy groups -OCH3 is 1. The summed E-state index contributed by atoms with van der Waals surface area (Å²) in [4.78, 5) is 0. The largest absolute Gasteiger partial charge is 0.497 e. The highest BCUT2D eigenvalue weighted by Crippen LogP contribution is 2.31. The van der Waals surface area contributed by atoms with Crippen LogP contribution in [0.2, 0.25) is 0 Å². The third kappa shape index (κ3) is 3.56. The molecule has 5 nitrogen and oxygen atoms in total. The van der Waals surface area contributed by atoms with Gasteiger partial charge in [0.15, 0.2) is 0 Å². The van der Waals surface area contributed by atoms with Crippen LogP contribution in [0.5, 0.6) is 5.75 Å². The SMILES string of the molecule is COc1cccc(CSc2nnnn2C2CCCCC2)c1. The summed E-state index contributed by atoms with van der Waals surface area (Å²) >= 11 is 1.69. The van der Waals surface area contributed by atoms with Gasteiger partial charge in [0.25, 0.3) is 0 Å². The molecule has 0 N–H and O–H groups in total. The first kappa shape index (κ1) is 14.4. The van der Waals surface area contributed by atoms with E-state index in [0.29, 0.717) is 6.04 Å². The van der Waals surface area contributed by atoms with Crippen molar-refractivity contribution in [3.8, 4) is 5.75 Å². The van der Waals surface area contributed by atoms with Gasteiger partial charge in [0, 0.05) is 5.75 Å². The molecule has 0 saturated heterocycles. The fourth-order valence-electron chi connectivity index (χ4n) is 2.75. The van der Waals surface area contributed by atoms with Crippen molar-refractivity contribution in [1.82, 2.24) is 20.2 Å². The van der Waals surface area contributed by atoms with E-state index in [1.165, 1.54) is 37.7 Å². The van der Waals surface area contributed by atoms with Crippen molar-refractivity contribution in [3.05, 3.63) is 29.8 Å². The summed E-state index contributed by atoms with van der Waals surface area (Å²) in [5, 5.41) is 13.2. The van der Waals surface area contributed by atoms with E-state index in [1.54, 1.807) is 18.9 Å². The van der Waals surface area contributed by atoms with Crippen molar-refractivity contribution >= 4 is 11.8 Å². The number of aromatic nitrogens is 4. The van der Waals surface area contributed by atoms with Crippen molar-refractivity contribution in [1.29, 1.82) is 0 Å². The van der Waals surface area contributed by atoms with Gasteiger partial charge in [-0.1, -0.05) is 43.2 Å². The average Bonchev–Trinajstić information content (AvgIpc) is 3.02. The van der Waals surface area contributed by atoms with Crippen LogP contribution in [0.25, 0.3) is 0 Å². The Hall–Kier alpha value is -1.56. The zero-order valence-electron chi connectivity index (χ0n) is 12.2. The van der Waals surface area contributed by atoms with Crippen LogP contribution < -0.4 is 4.74 Å². The maximum Gasteiger partial charge on any atom is 0.209 e. The van der Waals surface area contributed by atoms with Crippen molar-refractivity contribution in [3.63, 3.8) is 0 Å². The summed E-state index contributed by atoms with van der Waals surface area (Å²) in [6.07, 6.45) is 6.29. The summed E-state index contributed by atoms with van der Waals surface area (Å²) < 4.78 is 7.27. The highest BCUT2D eigenvalue weighted by atomic mass is 32.2. The van der Waals surface area contributed by atoms with Gasteiger partial charge in [-0.05, 0) is 41.0 Å². The molecule has 0 bridgehead atoms. The second-order valence-electron chi connectivity index (χ2n) is 5.34. The molecular formula is C15H20N4OS. The standard InChI is InChI=1S/C15H20N4OS/c1-20-14-9-5-6-12(10-14)11-21-15-16-17-18-19(15)13-7-3-2-4-8-13/h5-6,9-10,13H,2-4,7-8,11H2,1H3. The van der Waals surface area contributed by atoms with Crippen LogP contribution in [-0.2, 0) is 5.75 Å². The lowest BCUT2D eigenvalue weighted by Crippen LogP contribution is -2.15. The molecule has 1 heterocycles. The van der Waals surface area contributed by atoms with Crippen LogP contribution in [-0.4, -0.2) is 27.3 Å². The lowest BCUT2D eigenvalue weighted by Gasteiger charge is -2.21. The smallest absolute Gasteiger partial charge is 0.209 e. The van der Waals surface area contributed by atoms with Crippen molar-refractivity contribution in [2.24, 2.45) is 0 Å². The molecule has 1 aromatic carbocycles. The topological polar surface area (TPSA) is 52.8 Å². The van der Waals surface area contributed by atoms with E-state index in [9.17, 15) is 0 Å². The Balaban J connectivity index is 1.66. The van der Waals surface area contributed by atoms with E-state index in [2.05, 4.69) is 27.7 Å². The van der Waals surface area contributed by atoms with E-state index < -0.39 is 0 Å². The monoisotopic (exact) mass is 304 g/mol. The lowest BCUT2D eigenvalue weighted by molar-refractivity contribution is 0.307. The molecule has 21 heavy (non-hydrogen) atoms. The Morgan fingerprint density at radius 2 is 2.14 bits per heavy atom. The second-order valence-corrected chi connectivity index (χ2v) is 6.28. The summed E-state index contributed by atoms with van der Waals surface area (Å²) in [5.41, 5.74) is 1.22. The molecule has 1 saturated carbocycles. The van der Waals surface area contributed by atoms with Gasteiger partial charge in [-0.2, -0.15) is 0 Å². The average molecular weight is 304 g/mol. The fraction of sp³-hybridized carbons (Fsp3) is 0.533. The van der Waals surface area contributed by atoms with E-state index in [-0.39, 0.29) is 0 Å². The third-order valence-corrected chi connectivity index (χ3v) is 4.89. The summed E-state index contributed by atoms with van der Waals surface area (Å²) in [6.45, 7) is 0. The number of nitrogens with zero attached hydrogens (tertiary/aromatic N) is 4. The molecule has 6 heteroatoms. The van der Waals surface area contributed by atoms with E-state index in [4.69, 9.17) is 4.74 Å². The first-order valence-corrected chi connectivity index (χ1v) is 8.39. The molecular weight excluding hydrogens is 284 g/mol. The van der Waals surface area contributed by atoms with Crippen LogP contribution in [0.4, 0.5) is 0 Å². The highest BCUT2D eigenvalue weighted by Gasteiger charge is 2.20. The minimum absolute atomic E-state index is 0.474. The quantitative estimate of drug-likeness (QED) is 0.792. The second kappa shape index (κ2) is 6.93. The molecule has 1 aliphatic carbocycles. The number of rotatable bonds is 5. The van der Waals surface area contributed by atoms with Gasteiger partial charge in [-0.3, -0.25) is 0 Å². The van der Waals surface area contributed by atoms with E-state index >= 15 is 0 Å². The summed E-state index contributed by atoms with van der Waals surface area (Å²) in [6, 6.07) is 8.60. The Morgan fingerprint density at radius 3 is 2.95 bits per heavy atom. The van der Waals surface area contributed by atoms with Crippen LogP contribution in [0.1, 0.15) is 43.7 Å². The minimum atomic E-state index is 0.474. The van der Waals surface area contributed by atoms with Gasteiger partial charge < -0.3 is 4.74 Å². The Kier molecular flexibility index (Phi) is 4.75. The van der Waals surface area contributed by atoms with Gasteiger partial charge in [0.1, 0.15) is 5.75 Å². The predicted octanol–water partition coefficient (Wildman–Crippen LogP) is 3.48. The maximum atomic E-state index is 5.26. The number of hydrogen-bond acceptors (Lipinski definition) is 5. The zero-order valence-corrected chi connectivity index (χ0v) is 13.1. The fourth-order valence-corrected chi connectivity index (χ4v) is 3.63. The molecule has 0 aliphatic heterocycles. The predicted molar refractivity (Wildman–Crippen MR) is 82.5 cm³/mol. The third-order valence-electron chi connectivity index (χ3n) is 3.89. The van der Waals surface area contributed by atoms with E-state index in [1.807, 2.05) is 16.8 Å². The number of benzene rings is 1. The number of thioether (sulfide) groups is 1. The molecule has 0 unspecified atom stereocenters. The molecule has 112 valence electrons. The molecule has 0 amide bonds. The molecule has 2 aromatic rings. The van der Waals surface area contributed by atoms with Gasteiger partial charge >= 0.3 is 0 Å².